The molecule has 0 aromatic rings. The maximum atomic E-state index is 11.9. The lowest BCUT2D eigenvalue weighted by atomic mass is 9.82. The van der Waals surface area contributed by atoms with Crippen LogP contribution in [-0.4, -0.2) is 30.8 Å². The molecule has 5 heteroatoms. The first-order valence-corrected chi connectivity index (χ1v) is 7.38. The second-order valence-electron chi connectivity index (χ2n) is 6.43. The van der Waals surface area contributed by atoms with E-state index < -0.39 is 11.7 Å². The molecule has 20 heavy (non-hydrogen) atoms. The molecule has 0 radical (unpaired) electrons. The van der Waals surface area contributed by atoms with Gasteiger partial charge in [0.25, 0.3) is 0 Å². The van der Waals surface area contributed by atoms with Crippen LogP contribution in [0, 0.1) is 5.92 Å². The standard InChI is InChI=1S/C15H27NO4/c1-15(2,3)20-14(18)16-12(10-13(17)19-4)11-8-6-5-7-9-11/h11-12H,5-10H2,1-4H3,(H,16,18). The molecule has 0 aromatic carbocycles. The largest absolute Gasteiger partial charge is 0.469 e. The second kappa shape index (κ2) is 7.50. The number of nitrogens with one attached hydrogen (secondary N) is 1. The summed E-state index contributed by atoms with van der Waals surface area (Å²) in [4.78, 5) is 23.4. The molecule has 1 aliphatic carbocycles. The topological polar surface area (TPSA) is 64.6 Å². The summed E-state index contributed by atoms with van der Waals surface area (Å²) in [6.45, 7) is 5.47. The van der Waals surface area contributed by atoms with Crippen molar-refractivity contribution in [3.63, 3.8) is 0 Å². The summed E-state index contributed by atoms with van der Waals surface area (Å²) in [5, 5.41) is 2.85. The van der Waals surface area contributed by atoms with Crippen LogP contribution >= 0.6 is 0 Å². The normalized spacial score (nSPS) is 18.2. The molecule has 1 unspecified atom stereocenters. The van der Waals surface area contributed by atoms with Gasteiger partial charge in [-0.15, -0.1) is 0 Å². The summed E-state index contributed by atoms with van der Waals surface area (Å²) in [5.74, 6) is 0.0343. The third-order valence-electron chi connectivity index (χ3n) is 3.54. The number of ether oxygens (including phenoxy) is 2. The van der Waals surface area contributed by atoms with Gasteiger partial charge in [0, 0.05) is 6.04 Å². The molecule has 1 saturated carbocycles. The molecular formula is C15H27NO4. The molecule has 1 amide bonds. The molecular weight excluding hydrogens is 258 g/mol. The van der Waals surface area contributed by atoms with Crippen LogP contribution in [0.3, 0.4) is 0 Å². The highest BCUT2D eigenvalue weighted by atomic mass is 16.6. The second-order valence-corrected chi connectivity index (χ2v) is 6.43. The summed E-state index contributed by atoms with van der Waals surface area (Å²) >= 11 is 0. The number of hydrogen-bond donors (Lipinski definition) is 1. The Morgan fingerprint density at radius 2 is 1.80 bits per heavy atom. The molecule has 0 spiro atoms. The van der Waals surface area contributed by atoms with Crippen LogP contribution in [-0.2, 0) is 14.3 Å². The lowest BCUT2D eigenvalue weighted by Crippen LogP contribution is -2.44. The van der Waals surface area contributed by atoms with Gasteiger partial charge >= 0.3 is 12.1 Å². The molecule has 5 nitrogen and oxygen atoms in total. The van der Waals surface area contributed by atoms with Gasteiger partial charge in [-0.05, 0) is 39.5 Å². The molecule has 0 heterocycles. The first-order chi connectivity index (χ1) is 9.31. The van der Waals surface area contributed by atoms with Crippen molar-refractivity contribution in [1.82, 2.24) is 5.32 Å². The molecule has 0 saturated heterocycles. The molecule has 1 N–H and O–H groups in total. The quantitative estimate of drug-likeness (QED) is 0.806. The van der Waals surface area contributed by atoms with Gasteiger partial charge in [-0.25, -0.2) is 4.79 Å². The fourth-order valence-corrected chi connectivity index (χ4v) is 2.59. The maximum Gasteiger partial charge on any atom is 0.407 e. The van der Waals surface area contributed by atoms with E-state index in [2.05, 4.69) is 5.32 Å². The van der Waals surface area contributed by atoms with Gasteiger partial charge in [-0.1, -0.05) is 19.3 Å². The lowest BCUT2D eigenvalue weighted by Gasteiger charge is -2.31. The molecule has 0 aliphatic heterocycles. The Labute approximate surface area is 121 Å². The average Bonchev–Trinajstić information content (AvgIpc) is 2.36. The van der Waals surface area contributed by atoms with Gasteiger partial charge in [0.1, 0.15) is 5.60 Å². The van der Waals surface area contributed by atoms with Gasteiger partial charge in [0.05, 0.1) is 13.5 Å². The molecule has 0 aromatic heterocycles. The van der Waals surface area contributed by atoms with E-state index in [-0.39, 0.29) is 18.4 Å². The summed E-state index contributed by atoms with van der Waals surface area (Å²) < 4.78 is 10.00. The van der Waals surface area contributed by atoms with E-state index in [1.54, 1.807) is 0 Å². The minimum atomic E-state index is -0.535. The van der Waals surface area contributed by atoms with Crippen molar-refractivity contribution < 1.29 is 19.1 Å². The molecule has 1 aliphatic rings. The Balaban J connectivity index is 2.61. The van der Waals surface area contributed by atoms with E-state index in [1.807, 2.05) is 20.8 Å². The number of alkyl carbamates (subject to hydrolysis) is 1. The third-order valence-corrected chi connectivity index (χ3v) is 3.54. The fourth-order valence-electron chi connectivity index (χ4n) is 2.59. The molecule has 0 bridgehead atoms. The maximum absolute atomic E-state index is 11.9. The van der Waals surface area contributed by atoms with Crippen molar-refractivity contribution in [3.8, 4) is 0 Å². The number of carbonyl (C=O) groups excluding carboxylic acids is 2. The molecule has 1 rings (SSSR count). The minimum Gasteiger partial charge on any atom is -0.469 e. The molecule has 116 valence electrons. The van der Waals surface area contributed by atoms with Gasteiger partial charge in [0.2, 0.25) is 0 Å². The van der Waals surface area contributed by atoms with Crippen molar-refractivity contribution >= 4 is 12.1 Å². The van der Waals surface area contributed by atoms with Crippen LogP contribution in [0.2, 0.25) is 0 Å². The van der Waals surface area contributed by atoms with Crippen molar-refractivity contribution in [2.24, 2.45) is 5.92 Å². The number of amides is 1. The lowest BCUT2D eigenvalue weighted by molar-refractivity contribution is -0.141. The van der Waals surface area contributed by atoms with Gasteiger partial charge in [-0.2, -0.15) is 0 Å². The Bertz CT molecular complexity index is 329. The fraction of sp³-hybridized carbons (Fsp3) is 0.867. The van der Waals surface area contributed by atoms with Gasteiger partial charge in [-0.3, -0.25) is 4.79 Å². The summed E-state index contributed by atoms with van der Waals surface area (Å²) in [6.07, 6.45) is 5.36. The zero-order valence-electron chi connectivity index (χ0n) is 13.0. The van der Waals surface area contributed by atoms with E-state index in [9.17, 15) is 9.59 Å². The highest BCUT2D eigenvalue weighted by Gasteiger charge is 2.29. The number of esters is 1. The summed E-state index contributed by atoms with van der Waals surface area (Å²) in [7, 11) is 1.37. The van der Waals surface area contributed by atoms with Crippen molar-refractivity contribution in [2.75, 3.05) is 7.11 Å². The predicted octanol–water partition coefficient (Wildman–Crippen LogP) is 3.02. The van der Waals surface area contributed by atoms with Crippen molar-refractivity contribution in [1.29, 1.82) is 0 Å². The van der Waals surface area contributed by atoms with Crippen LogP contribution in [0.4, 0.5) is 4.79 Å². The first-order valence-electron chi connectivity index (χ1n) is 7.38. The number of hydrogen-bond acceptors (Lipinski definition) is 4. The Morgan fingerprint density at radius 3 is 2.30 bits per heavy atom. The van der Waals surface area contributed by atoms with Crippen molar-refractivity contribution in [3.05, 3.63) is 0 Å². The Morgan fingerprint density at radius 1 is 1.20 bits per heavy atom. The van der Waals surface area contributed by atoms with Crippen LogP contribution < -0.4 is 5.32 Å². The predicted molar refractivity (Wildman–Crippen MR) is 76.4 cm³/mol. The van der Waals surface area contributed by atoms with E-state index >= 15 is 0 Å². The zero-order chi connectivity index (χ0) is 15.2. The zero-order valence-corrected chi connectivity index (χ0v) is 13.0. The Kier molecular flexibility index (Phi) is 6.30. The van der Waals surface area contributed by atoms with Gasteiger partial charge < -0.3 is 14.8 Å². The monoisotopic (exact) mass is 285 g/mol. The highest BCUT2D eigenvalue weighted by molar-refractivity contribution is 5.72. The van der Waals surface area contributed by atoms with E-state index in [1.165, 1.54) is 13.5 Å². The third kappa shape index (κ3) is 6.26. The SMILES string of the molecule is COC(=O)CC(NC(=O)OC(C)(C)C)C1CCCCC1. The van der Waals surface area contributed by atoms with E-state index in [0.717, 1.165) is 25.7 Å². The first kappa shape index (κ1) is 16.8. The van der Waals surface area contributed by atoms with E-state index in [4.69, 9.17) is 9.47 Å². The van der Waals surface area contributed by atoms with E-state index in [0.29, 0.717) is 5.92 Å². The number of methoxy groups -OCH3 is 1. The highest BCUT2D eigenvalue weighted by Crippen LogP contribution is 2.28. The van der Waals surface area contributed by atoms with Gasteiger partial charge in [0.15, 0.2) is 0 Å². The average molecular weight is 285 g/mol. The van der Waals surface area contributed by atoms with Crippen LogP contribution in [0.1, 0.15) is 59.3 Å². The van der Waals surface area contributed by atoms with Crippen molar-refractivity contribution in [2.45, 2.75) is 70.9 Å². The Hall–Kier alpha value is -1.26. The van der Waals surface area contributed by atoms with Crippen LogP contribution in [0.5, 0.6) is 0 Å². The van der Waals surface area contributed by atoms with Crippen LogP contribution in [0.25, 0.3) is 0 Å². The summed E-state index contributed by atoms with van der Waals surface area (Å²) in [5.41, 5.74) is -0.535. The van der Waals surface area contributed by atoms with Crippen LogP contribution in [0.15, 0.2) is 0 Å². The number of carbonyl (C=O) groups is 2. The smallest absolute Gasteiger partial charge is 0.407 e. The number of rotatable bonds is 4. The molecule has 1 fully saturated rings. The minimum absolute atomic E-state index is 0.197. The molecule has 1 atom stereocenters. The summed E-state index contributed by atoms with van der Waals surface area (Å²) in [6, 6.07) is -0.197.